The van der Waals surface area contributed by atoms with Gasteiger partial charge in [0.05, 0.1) is 16.1 Å². The number of nitrogens with zero attached hydrogens (tertiary/aromatic N) is 1. The number of H-pyrrole nitrogens is 1. The molecule has 2 nitrogen and oxygen atoms in total. The van der Waals surface area contributed by atoms with Crippen LogP contribution in [0.3, 0.4) is 0 Å². The van der Waals surface area contributed by atoms with E-state index in [9.17, 15) is 0 Å². The molecule has 0 saturated heterocycles. The molecule has 2 aromatic carbocycles. The predicted octanol–water partition coefficient (Wildman–Crippen LogP) is 4.52. The highest BCUT2D eigenvalue weighted by atomic mass is 35.5. The largest absolute Gasteiger partial charge is 0.353 e. The molecule has 86 valence electrons. The maximum absolute atomic E-state index is 6.35. The molecule has 18 heavy (non-hydrogen) atoms. The summed E-state index contributed by atoms with van der Waals surface area (Å²) in [5.74, 6) is 0. The highest BCUT2D eigenvalue weighted by molar-refractivity contribution is 6.38. The lowest BCUT2D eigenvalue weighted by Gasteiger charge is -2.01. The fraction of sp³-hybridized carbons (Fsp3) is 0. The fourth-order valence-electron chi connectivity index (χ4n) is 2.52. The summed E-state index contributed by atoms with van der Waals surface area (Å²) in [6.45, 7) is 0. The van der Waals surface area contributed by atoms with E-state index in [0.29, 0.717) is 0 Å². The van der Waals surface area contributed by atoms with Crippen LogP contribution in [0.1, 0.15) is 0 Å². The first kappa shape index (κ1) is 9.92. The van der Waals surface area contributed by atoms with Crippen molar-refractivity contribution in [3.63, 3.8) is 0 Å². The molecule has 0 spiro atoms. The van der Waals surface area contributed by atoms with Crippen LogP contribution < -0.4 is 0 Å². The SMILES string of the molecule is Clc1cc2cccnc2c2c1[nH]c1ccccc12. The number of aromatic amines is 1. The summed E-state index contributed by atoms with van der Waals surface area (Å²) >= 11 is 6.35. The average molecular weight is 253 g/mol. The van der Waals surface area contributed by atoms with E-state index >= 15 is 0 Å². The van der Waals surface area contributed by atoms with E-state index in [0.717, 1.165) is 32.3 Å². The maximum atomic E-state index is 6.35. The first-order chi connectivity index (χ1) is 8.84. The van der Waals surface area contributed by atoms with Gasteiger partial charge in [0.25, 0.3) is 0 Å². The minimum absolute atomic E-state index is 0.738. The van der Waals surface area contributed by atoms with Gasteiger partial charge in [0, 0.05) is 27.9 Å². The predicted molar refractivity (Wildman–Crippen MR) is 76.1 cm³/mol. The van der Waals surface area contributed by atoms with Gasteiger partial charge < -0.3 is 4.98 Å². The lowest BCUT2D eigenvalue weighted by Crippen LogP contribution is -1.80. The van der Waals surface area contributed by atoms with Crippen molar-refractivity contribution in [2.45, 2.75) is 0 Å². The molecule has 4 rings (SSSR count). The number of nitrogens with one attached hydrogen (secondary N) is 1. The third kappa shape index (κ3) is 1.21. The van der Waals surface area contributed by atoms with Crippen LogP contribution in [0.25, 0.3) is 32.7 Å². The second kappa shape index (κ2) is 3.47. The molecule has 0 radical (unpaired) electrons. The summed E-state index contributed by atoms with van der Waals surface area (Å²) in [6.07, 6.45) is 1.82. The number of hydrogen-bond donors (Lipinski definition) is 1. The fourth-order valence-corrected chi connectivity index (χ4v) is 2.78. The van der Waals surface area contributed by atoms with Crippen molar-refractivity contribution >= 4 is 44.3 Å². The monoisotopic (exact) mass is 252 g/mol. The number of halogens is 1. The van der Waals surface area contributed by atoms with Gasteiger partial charge in [-0.3, -0.25) is 4.98 Å². The van der Waals surface area contributed by atoms with Gasteiger partial charge in [-0.15, -0.1) is 0 Å². The molecule has 0 saturated carbocycles. The van der Waals surface area contributed by atoms with Crippen molar-refractivity contribution in [3.05, 3.63) is 53.7 Å². The second-order valence-corrected chi connectivity index (χ2v) is 4.76. The highest BCUT2D eigenvalue weighted by Gasteiger charge is 2.11. The summed E-state index contributed by atoms with van der Waals surface area (Å²) in [4.78, 5) is 7.86. The van der Waals surface area contributed by atoms with Crippen LogP contribution in [0.5, 0.6) is 0 Å². The molecular formula is C15H9ClN2. The lowest BCUT2D eigenvalue weighted by molar-refractivity contribution is 1.43. The zero-order chi connectivity index (χ0) is 12.1. The van der Waals surface area contributed by atoms with E-state index < -0.39 is 0 Å². The van der Waals surface area contributed by atoms with E-state index in [-0.39, 0.29) is 0 Å². The molecule has 4 aromatic rings. The van der Waals surface area contributed by atoms with Crippen LogP contribution in [0.2, 0.25) is 5.02 Å². The topological polar surface area (TPSA) is 28.7 Å². The van der Waals surface area contributed by atoms with Crippen LogP contribution in [0.4, 0.5) is 0 Å². The molecule has 0 aliphatic carbocycles. The van der Waals surface area contributed by atoms with Gasteiger partial charge in [-0.1, -0.05) is 35.9 Å². The van der Waals surface area contributed by atoms with Crippen LogP contribution in [0, 0.1) is 0 Å². The standard InChI is InChI=1S/C15H9ClN2/c16-11-8-9-4-3-7-17-14(9)13-10-5-1-2-6-12(10)18-15(11)13/h1-8,18H. The van der Waals surface area contributed by atoms with Gasteiger partial charge >= 0.3 is 0 Å². The Morgan fingerprint density at radius 1 is 1.06 bits per heavy atom. The molecule has 0 amide bonds. The molecule has 0 unspecified atom stereocenters. The molecule has 2 aromatic heterocycles. The normalized spacial score (nSPS) is 11.6. The van der Waals surface area contributed by atoms with E-state index in [1.54, 1.807) is 0 Å². The number of aromatic nitrogens is 2. The van der Waals surface area contributed by atoms with E-state index in [1.807, 2.05) is 36.5 Å². The molecule has 3 heteroatoms. The Kier molecular flexibility index (Phi) is 1.91. The molecule has 2 heterocycles. The van der Waals surface area contributed by atoms with Crippen molar-refractivity contribution < 1.29 is 0 Å². The Balaban J connectivity index is 2.41. The minimum Gasteiger partial charge on any atom is -0.353 e. The van der Waals surface area contributed by atoms with E-state index in [1.165, 1.54) is 5.39 Å². The smallest absolute Gasteiger partial charge is 0.0803 e. The molecule has 0 aliphatic rings. The van der Waals surface area contributed by atoms with Crippen molar-refractivity contribution in [3.8, 4) is 0 Å². The van der Waals surface area contributed by atoms with Gasteiger partial charge in [-0.25, -0.2) is 0 Å². The van der Waals surface area contributed by atoms with Gasteiger partial charge in [0.1, 0.15) is 0 Å². The summed E-state index contributed by atoms with van der Waals surface area (Å²) in [5.41, 5.74) is 3.05. The number of benzene rings is 2. The van der Waals surface area contributed by atoms with Crippen molar-refractivity contribution in [2.75, 3.05) is 0 Å². The Morgan fingerprint density at radius 3 is 2.89 bits per heavy atom. The zero-order valence-electron chi connectivity index (χ0n) is 9.44. The van der Waals surface area contributed by atoms with Crippen molar-refractivity contribution in [1.82, 2.24) is 9.97 Å². The van der Waals surface area contributed by atoms with Gasteiger partial charge in [0.2, 0.25) is 0 Å². The Bertz CT molecular complexity index is 893. The summed E-state index contributed by atoms with van der Waals surface area (Å²) in [7, 11) is 0. The second-order valence-electron chi connectivity index (χ2n) is 4.35. The Labute approximate surface area is 108 Å². The first-order valence-electron chi connectivity index (χ1n) is 5.78. The summed E-state index contributed by atoms with van der Waals surface area (Å²) in [5, 5.41) is 4.08. The van der Waals surface area contributed by atoms with Gasteiger partial charge in [-0.2, -0.15) is 0 Å². The zero-order valence-corrected chi connectivity index (χ0v) is 10.2. The van der Waals surface area contributed by atoms with Crippen LogP contribution >= 0.6 is 11.6 Å². The molecular weight excluding hydrogens is 244 g/mol. The number of hydrogen-bond acceptors (Lipinski definition) is 1. The quantitative estimate of drug-likeness (QED) is 0.490. The van der Waals surface area contributed by atoms with Gasteiger partial charge in [0.15, 0.2) is 0 Å². The first-order valence-corrected chi connectivity index (χ1v) is 6.16. The highest BCUT2D eigenvalue weighted by Crippen LogP contribution is 2.35. The molecule has 0 bridgehead atoms. The van der Waals surface area contributed by atoms with Gasteiger partial charge in [-0.05, 0) is 18.2 Å². The van der Waals surface area contributed by atoms with Crippen molar-refractivity contribution in [1.29, 1.82) is 0 Å². The average Bonchev–Trinajstić information content (AvgIpc) is 2.79. The number of rotatable bonds is 0. The third-order valence-electron chi connectivity index (χ3n) is 3.30. The molecule has 0 atom stereocenters. The lowest BCUT2D eigenvalue weighted by atomic mass is 10.1. The van der Waals surface area contributed by atoms with Crippen LogP contribution in [-0.2, 0) is 0 Å². The molecule has 0 aliphatic heterocycles. The number of pyridine rings is 1. The minimum atomic E-state index is 0.738. The molecule has 0 fully saturated rings. The van der Waals surface area contributed by atoms with Crippen LogP contribution in [-0.4, -0.2) is 9.97 Å². The van der Waals surface area contributed by atoms with Crippen LogP contribution in [0.15, 0.2) is 48.7 Å². The number of fused-ring (bicyclic) bond motifs is 5. The molecule has 1 N–H and O–H groups in total. The maximum Gasteiger partial charge on any atom is 0.0803 e. The Hall–Kier alpha value is -2.06. The van der Waals surface area contributed by atoms with E-state index in [4.69, 9.17) is 11.6 Å². The number of para-hydroxylation sites is 1. The summed E-state index contributed by atoms with van der Waals surface area (Å²) in [6, 6.07) is 14.1. The summed E-state index contributed by atoms with van der Waals surface area (Å²) < 4.78 is 0. The van der Waals surface area contributed by atoms with Crippen molar-refractivity contribution in [2.24, 2.45) is 0 Å². The third-order valence-corrected chi connectivity index (χ3v) is 3.60. The van der Waals surface area contributed by atoms with E-state index in [2.05, 4.69) is 22.1 Å². The Morgan fingerprint density at radius 2 is 1.94 bits per heavy atom.